The molecule has 0 spiro atoms. The Morgan fingerprint density at radius 2 is 2.11 bits per heavy atom. The average Bonchev–Trinajstić information content (AvgIpc) is 3.48. The largest absolute Gasteiger partial charge is 0.504 e. The normalized spacial score (nSPS) is 16.1. The number of phenols is 1. The average molecular weight is 484 g/mol. The summed E-state index contributed by atoms with van der Waals surface area (Å²) in [5, 5.41) is 29.6. The van der Waals surface area contributed by atoms with Crippen LogP contribution < -0.4 is 20.8 Å². The monoisotopic (exact) mass is 484 g/mol. The zero-order chi connectivity index (χ0) is 25.1. The van der Waals surface area contributed by atoms with Crippen LogP contribution in [-0.2, 0) is 16.1 Å². The molecule has 1 aromatic carbocycles. The van der Waals surface area contributed by atoms with E-state index in [0.29, 0.717) is 18.4 Å². The maximum Gasteiger partial charge on any atom is 0.249 e. The summed E-state index contributed by atoms with van der Waals surface area (Å²) in [6, 6.07) is 5.22. The van der Waals surface area contributed by atoms with Gasteiger partial charge in [0.2, 0.25) is 28.9 Å². The lowest BCUT2D eigenvalue weighted by Gasteiger charge is -2.18. The highest BCUT2D eigenvalue weighted by Crippen LogP contribution is 2.37. The van der Waals surface area contributed by atoms with E-state index < -0.39 is 23.0 Å². The number of aryl methyl sites for hydroxylation is 1. The Morgan fingerprint density at radius 1 is 1.31 bits per heavy atom. The summed E-state index contributed by atoms with van der Waals surface area (Å²) in [6.07, 6.45) is 0.720. The van der Waals surface area contributed by atoms with Gasteiger partial charge in [-0.25, -0.2) is 0 Å². The number of aromatic nitrogens is 2. The second kappa shape index (κ2) is 9.87. The molecule has 12 heteroatoms. The maximum absolute atomic E-state index is 12.8. The Kier molecular flexibility index (Phi) is 6.71. The van der Waals surface area contributed by atoms with Crippen molar-refractivity contribution in [1.82, 2.24) is 20.8 Å². The molecule has 0 unspecified atom stereocenters. The van der Waals surface area contributed by atoms with Crippen LogP contribution in [0.15, 0.2) is 38.0 Å². The highest BCUT2D eigenvalue weighted by Gasteiger charge is 2.28. The van der Waals surface area contributed by atoms with Crippen molar-refractivity contribution < 1.29 is 33.5 Å². The lowest BCUT2D eigenvalue weighted by atomic mass is 9.91. The van der Waals surface area contributed by atoms with Crippen molar-refractivity contribution in [2.75, 3.05) is 7.11 Å². The number of methoxy groups -OCH3 is 1. The van der Waals surface area contributed by atoms with Gasteiger partial charge in [0.15, 0.2) is 23.1 Å². The van der Waals surface area contributed by atoms with Gasteiger partial charge in [0.1, 0.15) is 11.8 Å². The van der Waals surface area contributed by atoms with Gasteiger partial charge in [0.25, 0.3) is 0 Å². The number of phenolic OH excluding ortho intramolecular Hbond substituents is 1. The molecule has 3 heterocycles. The van der Waals surface area contributed by atoms with E-state index in [2.05, 4.69) is 20.8 Å². The molecular weight excluding hydrogens is 460 g/mol. The number of hydrogen-bond acceptors (Lipinski definition) is 10. The van der Waals surface area contributed by atoms with Crippen molar-refractivity contribution in [2.45, 2.75) is 44.7 Å². The predicted octanol–water partition coefficient (Wildman–Crippen LogP) is 1.54. The Hall–Kier alpha value is -4.35. The van der Waals surface area contributed by atoms with Crippen LogP contribution in [0.1, 0.15) is 60.0 Å². The molecule has 4 N–H and O–H groups in total. The van der Waals surface area contributed by atoms with Crippen molar-refractivity contribution in [3.05, 3.63) is 63.3 Å². The van der Waals surface area contributed by atoms with E-state index in [-0.39, 0.29) is 59.6 Å². The first-order valence-electron chi connectivity index (χ1n) is 10.8. The molecule has 1 saturated heterocycles. The van der Waals surface area contributed by atoms with Crippen molar-refractivity contribution in [3.8, 4) is 17.2 Å². The van der Waals surface area contributed by atoms with E-state index in [1.165, 1.54) is 19.2 Å². The van der Waals surface area contributed by atoms with E-state index in [1.54, 1.807) is 13.0 Å². The minimum atomic E-state index is -0.869. The molecule has 2 aromatic heterocycles. The number of nitrogens with zero attached hydrogens (tertiary/aromatic N) is 2. The third-order valence-electron chi connectivity index (χ3n) is 5.61. The van der Waals surface area contributed by atoms with Crippen molar-refractivity contribution >= 4 is 11.8 Å². The lowest BCUT2D eigenvalue weighted by Crippen LogP contribution is -2.26. The standard InChI is InChI=1S/C23H24N4O8/c1-11-7-16(29)21(32)22(34-11)13(12-3-5-15(28)17(8-12)33-2)9-20(31)24-10-18-26-23(35-27-18)14-4-6-19(30)25-14/h3,5,7-8,13-14,28,32H,4,6,9-10H2,1-2H3,(H,24,31)(H,25,30)/t13-,14+/m1/s1. The van der Waals surface area contributed by atoms with Gasteiger partial charge in [0, 0.05) is 18.9 Å². The first-order valence-corrected chi connectivity index (χ1v) is 10.8. The van der Waals surface area contributed by atoms with Gasteiger partial charge in [-0.15, -0.1) is 0 Å². The van der Waals surface area contributed by atoms with E-state index in [4.69, 9.17) is 13.7 Å². The first kappa shape index (κ1) is 23.8. The van der Waals surface area contributed by atoms with E-state index in [9.17, 15) is 24.6 Å². The number of benzene rings is 1. The number of aromatic hydroxyl groups is 2. The van der Waals surface area contributed by atoms with E-state index in [1.807, 2.05) is 0 Å². The molecule has 0 bridgehead atoms. The molecule has 0 radical (unpaired) electrons. The highest BCUT2D eigenvalue weighted by atomic mass is 16.5. The number of nitrogens with one attached hydrogen (secondary N) is 2. The number of carbonyl (C=O) groups excluding carboxylic acids is 2. The third kappa shape index (κ3) is 5.26. The van der Waals surface area contributed by atoms with Crippen LogP contribution in [0.4, 0.5) is 0 Å². The SMILES string of the molecule is COc1cc([C@@H](CC(=O)NCc2noc([C@@H]3CCC(=O)N3)n2)c2oc(C)cc(=O)c2O)ccc1O. The third-order valence-corrected chi connectivity index (χ3v) is 5.61. The van der Waals surface area contributed by atoms with Gasteiger partial charge >= 0.3 is 0 Å². The van der Waals surface area contributed by atoms with Crippen LogP contribution in [0.5, 0.6) is 17.2 Å². The second-order valence-corrected chi connectivity index (χ2v) is 8.11. The van der Waals surface area contributed by atoms with E-state index in [0.717, 1.165) is 6.07 Å². The summed E-state index contributed by atoms with van der Waals surface area (Å²) in [7, 11) is 1.38. The molecule has 3 aromatic rings. The quantitative estimate of drug-likeness (QED) is 0.367. The Bertz CT molecular complexity index is 1320. The van der Waals surface area contributed by atoms with Crippen LogP contribution in [0, 0.1) is 6.92 Å². The topological polar surface area (TPSA) is 177 Å². The fourth-order valence-electron chi connectivity index (χ4n) is 3.85. The smallest absolute Gasteiger partial charge is 0.249 e. The minimum Gasteiger partial charge on any atom is -0.504 e. The van der Waals surface area contributed by atoms with Gasteiger partial charge in [-0.3, -0.25) is 14.4 Å². The summed E-state index contributed by atoms with van der Waals surface area (Å²) in [4.78, 5) is 40.6. The van der Waals surface area contributed by atoms with Crippen LogP contribution >= 0.6 is 0 Å². The number of amides is 2. The van der Waals surface area contributed by atoms with Crippen molar-refractivity contribution in [3.63, 3.8) is 0 Å². The zero-order valence-corrected chi connectivity index (χ0v) is 19.0. The van der Waals surface area contributed by atoms with Gasteiger partial charge < -0.3 is 34.5 Å². The first-order chi connectivity index (χ1) is 16.7. The number of ether oxygens (including phenoxy) is 1. The molecule has 12 nitrogen and oxygen atoms in total. The second-order valence-electron chi connectivity index (χ2n) is 8.11. The van der Waals surface area contributed by atoms with E-state index >= 15 is 0 Å². The van der Waals surface area contributed by atoms with Crippen LogP contribution in [-0.4, -0.2) is 39.3 Å². The molecule has 184 valence electrons. The maximum atomic E-state index is 12.8. The van der Waals surface area contributed by atoms with Gasteiger partial charge in [-0.1, -0.05) is 11.2 Å². The van der Waals surface area contributed by atoms with Crippen LogP contribution in [0.25, 0.3) is 0 Å². The summed E-state index contributed by atoms with van der Waals surface area (Å²) < 4.78 is 16.0. The van der Waals surface area contributed by atoms with Crippen LogP contribution in [0.3, 0.4) is 0 Å². The number of carbonyl (C=O) groups is 2. The lowest BCUT2D eigenvalue weighted by molar-refractivity contribution is -0.121. The van der Waals surface area contributed by atoms with Gasteiger partial charge in [0.05, 0.1) is 19.6 Å². The Labute approximate surface area is 198 Å². The number of hydrogen-bond donors (Lipinski definition) is 4. The van der Waals surface area contributed by atoms with Crippen molar-refractivity contribution in [1.29, 1.82) is 0 Å². The summed E-state index contributed by atoms with van der Waals surface area (Å²) >= 11 is 0. The molecular formula is C23H24N4O8. The van der Waals surface area contributed by atoms with Crippen molar-refractivity contribution in [2.24, 2.45) is 0 Å². The molecule has 1 aliphatic rings. The summed E-state index contributed by atoms with van der Waals surface area (Å²) in [5.41, 5.74) is -0.170. The Morgan fingerprint density at radius 3 is 2.83 bits per heavy atom. The fourth-order valence-corrected chi connectivity index (χ4v) is 3.85. The summed E-state index contributed by atoms with van der Waals surface area (Å²) in [5.74, 6) is -1.32. The van der Waals surface area contributed by atoms with Crippen LogP contribution in [0.2, 0.25) is 0 Å². The molecule has 2 atom stereocenters. The van der Waals surface area contributed by atoms with Gasteiger partial charge in [-0.05, 0) is 31.0 Å². The molecule has 1 aliphatic heterocycles. The molecule has 0 saturated carbocycles. The minimum absolute atomic E-state index is 0.0433. The molecule has 4 rings (SSSR count). The molecule has 1 fully saturated rings. The number of rotatable bonds is 8. The zero-order valence-electron chi connectivity index (χ0n) is 19.0. The Balaban J connectivity index is 1.53. The summed E-state index contributed by atoms with van der Waals surface area (Å²) in [6.45, 7) is 1.51. The van der Waals surface area contributed by atoms with Gasteiger partial charge in [-0.2, -0.15) is 4.98 Å². The molecule has 0 aliphatic carbocycles. The molecule has 2 amide bonds. The highest BCUT2D eigenvalue weighted by molar-refractivity contribution is 5.78. The fraction of sp³-hybridized carbons (Fsp3) is 0.348. The predicted molar refractivity (Wildman–Crippen MR) is 119 cm³/mol. The molecule has 35 heavy (non-hydrogen) atoms.